The smallest absolute Gasteiger partial charge is 0.239 e. The van der Waals surface area contributed by atoms with Gasteiger partial charge >= 0.3 is 0 Å². The molecule has 2 amide bonds. The van der Waals surface area contributed by atoms with Gasteiger partial charge in [-0.25, -0.2) is 0 Å². The van der Waals surface area contributed by atoms with Gasteiger partial charge in [-0.05, 0) is 53.4 Å². The maximum Gasteiger partial charge on any atom is 0.239 e. The van der Waals surface area contributed by atoms with Gasteiger partial charge in [0, 0.05) is 37.1 Å². The lowest BCUT2D eigenvalue weighted by atomic mass is 9.97. The first kappa shape index (κ1) is 18.2. The van der Waals surface area contributed by atoms with Gasteiger partial charge in [0.25, 0.3) is 0 Å². The minimum absolute atomic E-state index is 0.0342. The first-order valence-electron chi connectivity index (χ1n) is 9.14. The number of nitrogens with one attached hydrogen (secondary N) is 1. The van der Waals surface area contributed by atoms with Crippen LogP contribution in [0, 0.1) is 0 Å². The maximum atomic E-state index is 12.1. The second kappa shape index (κ2) is 7.65. The third kappa shape index (κ3) is 4.69. The monoisotopic (exact) mass is 323 g/mol. The lowest BCUT2D eigenvalue weighted by molar-refractivity contribution is -0.136. The van der Waals surface area contributed by atoms with Crippen LogP contribution in [-0.4, -0.2) is 58.9 Å². The number of carbonyl (C=O) groups excluding carboxylic acids is 2. The number of piperidine rings is 1. The van der Waals surface area contributed by atoms with Gasteiger partial charge in [0.1, 0.15) is 6.54 Å². The molecule has 2 heterocycles. The molecule has 1 N–H and O–H groups in total. The van der Waals surface area contributed by atoms with Crippen LogP contribution < -0.4 is 5.32 Å². The Bertz CT molecular complexity index is 426. The van der Waals surface area contributed by atoms with Crippen LogP contribution in [0.4, 0.5) is 0 Å². The van der Waals surface area contributed by atoms with Gasteiger partial charge in [0.2, 0.25) is 11.8 Å². The predicted octanol–water partition coefficient (Wildman–Crippen LogP) is 2.16. The van der Waals surface area contributed by atoms with Crippen molar-refractivity contribution in [1.29, 1.82) is 0 Å². The topological polar surface area (TPSA) is 52.7 Å². The number of carbonyl (C=O) groups is 2. The van der Waals surface area contributed by atoms with Crippen LogP contribution in [0.5, 0.6) is 0 Å². The SMILES string of the molecule is C[C@@H]1CCC[C@H](C)N1CCCNC(=O)CN1C(=O)CCC1(C)C. The molecular weight excluding hydrogens is 290 g/mol. The van der Waals surface area contributed by atoms with E-state index in [-0.39, 0.29) is 23.9 Å². The van der Waals surface area contributed by atoms with Crippen molar-refractivity contribution >= 4 is 11.8 Å². The van der Waals surface area contributed by atoms with Gasteiger partial charge in [-0.15, -0.1) is 0 Å². The summed E-state index contributed by atoms with van der Waals surface area (Å²) in [6.45, 7) is 10.6. The van der Waals surface area contributed by atoms with Crippen molar-refractivity contribution in [2.75, 3.05) is 19.6 Å². The molecule has 0 aromatic heterocycles. The van der Waals surface area contributed by atoms with Crippen molar-refractivity contribution in [1.82, 2.24) is 15.1 Å². The van der Waals surface area contributed by atoms with Gasteiger partial charge in [-0.1, -0.05) is 6.42 Å². The highest BCUT2D eigenvalue weighted by Gasteiger charge is 2.38. The third-order valence-electron chi connectivity index (χ3n) is 5.58. The van der Waals surface area contributed by atoms with Crippen LogP contribution in [0.1, 0.15) is 66.2 Å². The number of rotatable bonds is 6. The van der Waals surface area contributed by atoms with Crippen molar-refractivity contribution in [3.8, 4) is 0 Å². The molecule has 2 rings (SSSR count). The van der Waals surface area contributed by atoms with Crippen LogP contribution in [0.25, 0.3) is 0 Å². The Balaban J connectivity index is 1.68. The fourth-order valence-electron chi connectivity index (χ4n) is 3.93. The molecule has 0 unspecified atom stereocenters. The zero-order chi connectivity index (χ0) is 17.0. The van der Waals surface area contributed by atoms with Crippen molar-refractivity contribution in [3.63, 3.8) is 0 Å². The number of amides is 2. The van der Waals surface area contributed by atoms with Crippen LogP contribution in [-0.2, 0) is 9.59 Å². The summed E-state index contributed by atoms with van der Waals surface area (Å²) in [6, 6.07) is 1.30. The third-order valence-corrected chi connectivity index (χ3v) is 5.58. The zero-order valence-electron chi connectivity index (χ0n) is 15.2. The standard InChI is InChI=1S/C18H33N3O2/c1-14-7-5-8-15(2)20(14)12-6-11-19-16(22)13-21-17(23)9-10-18(21,3)4/h14-15H,5-13H2,1-4H3,(H,19,22)/t14-,15+. The normalized spacial score (nSPS) is 28.2. The summed E-state index contributed by atoms with van der Waals surface area (Å²) in [5.41, 5.74) is -0.187. The number of hydrogen-bond acceptors (Lipinski definition) is 3. The summed E-state index contributed by atoms with van der Waals surface area (Å²) in [7, 11) is 0. The van der Waals surface area contributed by atoms with E-state index >= 15 is 0 Å². The number of nitrogens with zero attached hydrogens (tertiary/aromatic N) is 2. The van der Waals surface area contributed by atoms with E-state index in [1.807, 2.05) is 13.8 Å². The first-order chi connectivity index (χ1) is 10.8. The Labute approximate surface area is 140 Å². The molecule has 0 radical (unpaired) electrons. The number of likely N-dealkylation sites (tertiary alicyclic amines) is 2. The van der Waals surface area contributed by atoms with Gasteiger partial charge in [-0.2, -0.15) is 0 Å². The summed E-state index contributed by atoms with van der Waals surface area (Å²) < 4.78 is 0. The van der Waals surface area contributed by atoms with E-state index in [1.54, 1.807) is 4.90 Å². The van der Waals surface area contributed by atoms with E-state index in [0.717, 1.165) is 19.4 Å². The fraction of sp³-hybridized carbons (Fsp3) is 0.889. The Kier molecular flexibility index (Phi) is 6.06. The van der Waals surface area contributed by atoms with Gasteiger partial charge in [0.15, 0.2) is 0 Å². The van der Waals surface area contributed by atoms with Crippen LogP contribution in [0.2, 0.25) is 0 Å². The minimum atomic E-state index is -0.187. The molecule has 2 atom stereocenters. The van der Waals surface area contributed by atoms with E-state index in [4.69, 9.17) is 0 Å². The van der Waals surface area contributed by atoms with E-state index in [2.05, 4.69) is 24.1 Å². The second-order valence-corrected chi connectivity index (χ2v) is 7.86. The average Bonchev–Trinajstić information content (AvgIpc) is 2.73. The van der Waals surface area contributed by atoms with Gasteiger partial charge in [0.05, 0.1) is 0 Å². The predicted molar refractivity (Wildman–Crippen MR) is 92.1 cm³/mol. The largest absolute Gasteiger partial charge is 0.355 e. The molecule has 5 heteroatoms. The van der Waals surface area contributed by atoms with E-state index in [9.17, 15) is 9.59 Å². The first-order valence-corrected chi connectivity index (χ1v) is 9.14. The lowest BCUT2D eigenvalue weighted by Crippen LogP contribution is -2.47. The molecule has 0 bridgehead atoms. The van der Waals surface area contributed by atoms with E-state index < -0.39 is 0 Å². The lowest BCUT2D eigenvalue weighted by Gasteiger charge is -2.39. The average molecular weight is 323 g/mol. The molecule has 5 nitrogen and oxygen atoms in total. The Morgan fingerprint density at radius 3 is 2.48 bits per heavy atom. The molecule has 2 aliphatic heterocycles. The molecule has 0 spiro atoms. The van der Waals surface area contributed by atoms with Crippen molar-refractivity contribution in [3.05, 3.63) is 0 Å². The highest BCUT2D eigenvalue weighted by molar-refractivity contribution is 5.86. The van der Waals surface area contributed by atoms with Crippen molar-refractivity contribution in [2.45, 2.75) is 83.8 Å². The van der Waals surface area contributed by atoms with Crippen LogP contribution in [0.3, 0.4) is 0 Å². The molecule has 2 saturated heterocycles. The molecule has 2 fully saturated rings. The molecule has 0 aromatic carbocycles. The zero-order valence-corrected chi connectivity index (χ0v) is 15.2. The van der Waals surface area contributed by atoms with Crippen molar-refractivity contribution < 1.29 is 9.59 Å². The quantitative estimate of drug-likeness (QED) is 0.762. The second-order valence-electron chi connectivity index (χ2n) is 7.86. The molecule has 0 aliphatic carbocycles. The summed E-state index contributed by atoms with van der Waals surface area (Å²) in [6.07, 6.45) is 6.26. The fourth-order valence-corrected chi connectivity index (χ4v) is 3.93. The molecule has 2 aliphatic rings. The highest BCUT2D eigenvalue weighted by Crippen LogP contribution is 2.28. The highest BCUT2D eigenvalue weighted by atomic mass is 16.2. The minimum Gasteiger partial charge on any atom is -0.355 e. The summed E-state index contributed by atoms with van der Waals surface area (Å²) in [5, 5.41) is 2.98. The Morgan fingerprint density at radius 1 is 1.26 bits per heavy atom. The molecule has 0 saturated carbocycles. The Hall–Kier alpha value is -1.10. The summed E-state index contributed by atoms with van der Waals surface area (Å²) >= 11 is 0. The molecular formula is C18H33N3O2. The van der Waals surface area contributed by atoms with Crippen LogP contribution in [0.15, 0.2) is 0 Å². The maximum absolute atomic E-state index is 12.1. The summed E-state index contributed by atoms with van der Waals surface area (Å²) in [4.78, 5) is 28.2. The molecule has 23 heavy (non-hydrogen) atoms. The van der Waals surface area contributed by atoms with Crippen LogP contribution >= 0.6 is 0 Å². The van der Waals surface area contributed by atoms with Crippen molar-refractivity contribution in [2.24, 2.45) is 0 Å². The molecule has 0 aromatic rings. The van der Waals surface area contributed by atoms with E-state index in [0.29, 0.717) is 25.0 Å². The van der Waals surface area contributed by atoms with Gasteiger partial charge in [-0.3, -0.25) is 14.5 Å². The van der Waals surface area contributed by atoms with Gasteiger partial charge < -0.3 is 10.2 Å². The van der Waals surface area contributed by atoms with E-state index in [1.165, 1.54) is 19.3 Å². The molecule has 132 valence electrons. The summed E-state index contributed by atoms with van der Waals surface area (Å²) in [5.74, 6) is 0.0641. The number of hydrogen-bond donors (Lipinski definition) is 1. The Morgan fingerprint density at radius 2 is 1.91 bits per heavy atom.